The summed E-state index contributed by atoms with van der Waals surface area (Å²) in [7, 11) is 0. The van der Waals surface area contributed by atoms with Gasteiger partial charge in [0.2, 0.25) is 0 Å². The van der Waals surface area contributed by atoms with Crippen molar-refractivity contribution in [1.29, 1.82) is 0 Å². The van der Waals surface area contributed by atoms with Gasteiger partial charge >= 0.3 is 0 Å². The fourth-order valence-corrected chi connectivity index (χ4v) is 3.90. The third-order valence-corrected chi connectivity index (χ3v) is 5.53. The summed E-state index contributed by atoms with van der Waals surface area (Å²) in [4.78, 5) is 0. The predicted octanol–water partition coefficient (Wildman–Crippen LogP) is -3.30. The Hall–Kier alpha value is -0.440. The Morgan fingerprint density at radius 3 is 2.29 bits per heavy atom. The maximum absolute atomic E-state index is 10.9. The third kappa shape index (κ3) is 5.18. The maximum Gasteiger partial charge on any atom is 0.181 e. The molecule has 0 aromatic heterocycles. The van der Waals surface area contributed by atoms with Gasteiger partial charge < -0.3 is 56.8 Å². The second-order valence-corrected chi connectivity index (χ2v) is 7.77. The second-order valence-electron chi connectivity index (χ2n) is 7.77. The lowest BCUT2D eigenvalue weighted by Gasteiger charge is -2.46. The first-order valence-electron chi connectivity index (χ1n) is 9.88. The van der Waals surface area contributed by atoms with E-state index in [9.17, 15) is 10.2 Å². The van der Waals surface area contributed by atoms with Gasteiger partial charge in [0.1, 0.15) is 24.4 Å². The van der Waals surface area contributed by atoms with Crippen molar-refractivity contribution in [2.75, 3.05) is 26.4 Å². The Kier molecular flexibility index (Phi) is 7.98. The first-order valence-corrected chi connectivity index (χ1v) is 9.88. The summed E-state index contributed by atoms with van der Waals surface area (Å²) in [6.07, 6.45) is -2.88. The van der Waals surface area contributed by atoms with Crippen LogP contribution < -0.4 is 22.9 Å². The van der Waals surface area contributed by atoms with Crippen molar-refractivity contribution < 1.29 is 33.9 Å². The zero-order valence-corrected chi connectivity index (χ0v) is 16.0. The van der Waals surface area contributed by atoms with E-state index in [4.69, 9.17) is 46.6 Å². The molecule has 0 aromatic rings. The highest BCUT2D eigenvalue weighted by Gasteiger charge is 2.46. The van der Waals surface area contributed by atoms with Crippen molar-refractivity contribution >= 4 is 0 Å². The molecule has 0 radical (unpaired) electrons. The summed E-state index contributed by atoms with van der Waals surface area (Å²) < 4.78 is 28.6. The number of rotatable bonds is 6. The highest BCUT2D eigenvalue weighted by atomic mass is 16.7. The van der Waals surface area contributed by atoms with Crippen LogP contribution in [0.2, 0.25) is 0 Å². The van der Waals surface area contributed by atoms with Crippen LogP contribution in [0.3, 0.4) is 0 Å². The summed E-state index contributed by atoms with van der Waals surface area (Å²) in [5.41, 5.74) is 24.2. The molecule has 3 fully saturated rings. The van der Waals surface area contributed by atoms with E-state index in [1.807, 2.05) is 0 Å². The Bertz CT molecular complexity index is 490. The molecular formula is C17H34N4O7. The van der Waals surface area contributed by atoms with Crippen molar-refractivity contribution in [2.24, 2.45) is 22.9 Å². The molecule has 2 aliphatic heterocycles. The van der Waals surface area contributed by atoms with E-state index in [0.717, 1.165) is 6.42 Å². The molecule has 0 amide bonds. The average Bonchev–Trinajstić information content (AvgIpc) is 2.69. The number of ether oxygens (including phenoxy) is 5. The van der Waals surface area contributed by atoms with E-state index in [0.29, 0.717) is 19.4 Å². The lowest BCUT2D eigenvalue weighted by Crippen LogP contribution is -2.65. The van der Waals surface area contributed by atoms with Crippen molar-refractivity contribution in [3.8, 4) is 0 Å². The van der Waals surface area contributed by atoms with Gasteiger partial charge in [-0.25, -0.2) is 0 Å². The molecule has 1 saturated carbocycles. The summed E-state index contributed by atoms with van der Waals surface area (Å²) in [5, 5.41) is 20.1. The van der Waals surface area contributed by atoms with Gasteiger partial charge in [-0.1, -0.05) is 0 Å². The van der Waals surface area contributed by atoms with Crippen molar-refractivity contribution in [3.05, 3.63) is 0 Å². The number of aliphatic hydroxyl groups is 2. The minimum absolute atomic E-state index is 0.140. The van der Waals surface area contributed by atoms with Gasteiger partial charge in [-0.2, -0.15) is 0 Å². The minimum atomic E-state index is -1.11. The van der Waals surface area contributed by atoms with Gasteiger partial charge in [-0.05, 0) is 19.3 Å². The zero-order valence-electron chi connectivity index (χ0n) is 16.0. The molecule has 3 rings (SSSR count). The summed E-state index contributed by atoms with van der Waals surface area (Å²) in [5.74, 6) is 0. The SMILES string of the molecule is NC[C@@H]1CC[C@@H](N)[C@@H](O[C@H]2[C@H](O)[C@@H](O[C@@H]3COC[C@@H](CO)O3)[C@H](N)C[C@@H]2N)O1. The molecule has 10 atom stereocenters. The summed E-state index contributed by atoms with van der Waals surface area (Å²) >= 11 is 0. The van der Waals surface area contributed by atoms with E-state index < -0.39 is 49.1 Å². The Morgan fingerprint density at radius 2 is 1.61 bits per heavy atom. The van der Waals surface area contributed by atoms with Crippen LogP contribution in [0.5, 0.6) is 0 Å². The first kappa shape index (κ1) is 22.2. The molecule has 2 heterocycles. The van der Waals surface area contributed by atoms with Crippen LogP contribution in [0, 0.1) is 0 Å². The molecular weight excluding hydrogens is 372 g/mol. The van der Waals surface area contributed by atoms with Gasteiger partial charge in [0, 0.05) is 18.6 Å². The van der Waals surface area contributed by atoms with Crippen molar-refractivity contribution in [3.63, 3.8) is 0 Å². The van der Waals surface area contributed by atoms with Crippen LogP contribution in [-0.2, 0) is 23.7 Å². The molecule has 10 N–H and O–H groups in total. The predicted molar refractivity (Wildman–Crippen MR) is 97.8 cm³/mol. The smallest absolute Gasteiger partial charge is 0.181 e. The topological polar surface area (TPSA) is 191 Å². The lowest BCUT2D eigenvalue weighted by molar-refractivity contribution is -0.296. The van der Waals surface area contributed by atoms with Crippen LogP contribution in [0.4, 0.5) is 0 Å². The van der Waals surface area contributed by atoms with Crippen LogP contribution in [0.25, 0.3) is 0 Å². The second kappa shape index (κ2) is 10.0. The van der Waals surface area contributed by atoms with Crippen molar-refractivity contribution in [2.45, 2.75) is 80.5 Å². The van der Waals surface area contributed by atoms with Gasteiger partial charge in [0.15, 0.2) is 12.6 Å². The molecule has 11 heteroatoms. The van der Waals surface area contributed by atoms with Gasteiger partial charge in [-0.15, -0.1) is 0 Å². The van der Waals surface area contributed by atoms with Gasteiger partial charge in [0.25, 0.3) is 0 Å². The molecule has 11 nitrogen and oxygen atoms in total. The van der Waals surface area contributed by atoms with E-state index in [1.54, 1.807) is 0 Å². The lowest BCUT2D eigenvalue weighted by atomic mass is 9.84. The van der Waals surface area contributed by atoms with Crippen LogP contribution in [0.1, 0.15) is 19.3 Å². The molecule has 2 saturated heterocycles. The Balaban J connectivity index is 1.63. The number of hydrogen-bond acceptors (Lipinski definition) is 11. The van der Waals surface area contributed by atoms with Gasteiger partial charge in [-0.3, -0.25) is 0 Å². The zero-order chi connectivity index (χ0) is 20.3. The standard InChI is InChI=1S/C17H34N4O7/c18-4-8-1-2-10(19)17(26-8)28-16-12(21)3-11(20)15(14(16)23)27-13-7-24-6-9(5-22)25-13/h8-17,22-23H,1-7,18-21H2/t8-,9+,10+,11+,12-,13+,14+,15-,16+,17+/m0/s1. The normalized spacial score (nSPS) is 47.8. The van der Waals surface area contributed by atoms with Crippen molar-refractivity contribution in [1.82, 2.24) is 0 Å². The molecule has 3 aliphatic rings. The molecule has 28 heavy (non-hydrogen) atoms. The maximum atomic E-state index is 10.9. The number of aliphatic hydroxyl groups excluding tert-OH is 2. The number of nitrogens with two attached hydrogens (primary N) is 4. The molecule has 0 aromatic carbocycles. The van der Waals surface area contributed by atoms with Crippen LogP contribution >= 0.6 is 0 Å². The molecule has 0 bridgehead atoms. The minimum Gasteiger partial charge on any atom is -0.394 e. The highest BCUT2D eigenvalue weighted by Crippen LogP contribution is 2.29. The van der Waals surface area contributed by atoms with E-state index in [-0.39, 0.29) is 32.0 Å². The molecule has 1 aliphatic carbocycles. The third-order valence-electron chi connectivity index (χ3n) is 5.53. The molecule has 0 spiro atoms. The van der Waals surface area contributed by atoms with E-state index in [2.05, 4.69) is 0 Å². The largest absolute Gasteiger partial charge is 0.394 e. The first-order chi connectivity index (χ1) is 13.4. The average molecular weight is 406 g/mol. The fourth-order valence-electron chi connectivity index (χ4n) is 3.90. The summed E-state index contributed by atoms with van der Waals surface area (Å²) in [6.45, 7) is 0.646. The van der Waals surface area contributed by atoms with E-state index >= 15 is 0 Å². The fraction of sp³-hybridized carbons (Fsp3) is 1.00. The molecule has 0 unspecified atom stereocenters. The Labute approximate surface area is 164 Å². The van der Waals surface area contributed by atoms with Gasteiger partial charge in [0.05, 0.1) is 32.0 Å². The Morgan fingerprint density at radius 1 is 0.893 bits per heavy atom. The van der Waals surface area contributed by atoms with Crippen LogP contribution in [-0.4, -0.2) is 97.8 Å². The van der Waals surface area contributed by atoms with Crippen LogP contribution in [0.15, 0.2) is 0 Å². The quantitative estimate of drug-likeness (QED) is 0.259. The monoisotopic (exact) mass is 406 g/mol. The highest BCUT2D eigenvalue weighted by molar-refractivity contribution is 4.99. The van der Waals surface area contributed by atoms with E-state index in [1.165, 1.54) is 0 Å². The number of hydrogen-bond donors (Lipinski definition) is 6. The summed E-state index contributed by atoms with van der Waals surface area (Å²) in [6, 6.07) is -1.36. The molecule has 164 valence electrons.